The van der Waals surface area contributed by atoms with Crippen molar-refractivity contribution < 1.29 is 9.47 Å². The Morgan fingerprint density at radius 1 is 1.32 bits per heavy atom. The van der Waals surface area contributed by atoms with Gasteiger partial charge in [-0.25, -0.2) is 0 Å². The van der Waals surface area contributed by atoms with Crippen LogP contribution in [0.4, 0.5) is 0 Å². The Hall–Kier alpha value is -1.22. The zero-order valence-corrected chi connectivity index (χ0v) is 12.4. The maximum Gasteiger partial charge on any atom is 0.123 e. The van der Waals surface area contributed by atoms with E-state index in [0.29, 0.717) is 6.04 Å². The van der Waals surface area contributed by atoms with Crippen LogP contribution in [0.2, 0.25) is 0 Å². The second-order valence-corrected chi connectivity index (χ2v) is 5.85. The van der Waals surface area contributed by atoms with Crippen molar-refractivity contribution >= 4 is 0 Å². The van der Waals surface area contributed by atoms with E-state index < -0.39 is 0 Å². The molecule has 0 spiro atoms. The zero-order valence-electron chi connectivity index (χ0n) is 12.4. The summed E-state index contributed by atoms with van der Waals surface area (Å²) in [6, 6.07) is 8.40. The summed E-state index contributed by atoms with van der Waals surface area (Å²) in [5, 5.41) is 3.59. The molecule has 2 rings (SSSR count). The van der Waals surface area contributed by atoms with Gasteiger partial charge in [0.1, 0.15) is 17.6 Å². The van der Waals surface area contributed by atoms with Crippen LogP contribution >= 0.6 is 0 Å². The minimum Gasteiger partial charge on any atom is -0.497 e. The summed E-state index contributed by atoms with van der Waals surface area (Å²) in [5.74, 6) is 1.74. The first-order chi connectivity index (χ1) is 9.07. The lowest BCUT2D eigenvalue weighted by molar-refractivity contribution is -0.0546. The number of ether oxygens (including phenoxy) is 2. The molecule has 1 aliphatic carbocycles. The van der Waals surface area contributed by atoms with E-state index in [1.807, 2.05) is 24.3 Å². The first kappa shape index (κ1) is 14.2. The first-order valence-electron chi connectivity index (χ1n) is 7.12. The third kappa shape index (κ3) is 3.03. The van der Waals surface area contributed by atoms with Crippen LogP contribution in [0.5, 0.6) is 11.5 Å². The smallest absolute Gasteiger partial charge is 0.123 e. The Kier molecular flexibility index (Phi) is 4.35. The summed E-state index contributed by atoms with van der Waals surface area (Å²) >= 11 is 0. The van der Waals surface area contributed by atoms with Crippen molar-refractivity contribution in [3.05, 3.63) is 24.3 Å². The van der Waals surface area contributed by atoms with Gasteiger partial charge in [0, 0.05) is 23.9 Å². The van der Waals surface area contributed by atoms with Gasteiger partial charge in [0.15, 0.2) is 0 Å². The van der Waals surface area contributed by atoms with Crippen molar-refractivity contribution in [1.82, 2.24) is 5.32 Å². The molecule has 2 atom stereocenters. The summed E-state index contributed by atoms with van der Waals surface area (Å²) in [5.41, 5.74) is 0.179. The molecule has 1 aromatic carbocycles. The molecule has 1 fully saturated rings. The highest BCUT2D eigenvalue weighted by atomic mass is 16.5. The molecule has 0 aliphatic heterocycles. The fourth-order valence-electron chi connectivity index (χ4n) is 2.59. The molecule has 19 heavy (non-hydrogen) atoms. The normalized spacial score (nSPS) is 24.6. The van der Waals surface area contributed by atoms with Crippen LogP contribution in [0.15, 0.2) is 24.3 Å². The number of methoxy groups -OCH3 is 1. The maximum absolute atomic E-state index is 6.10. The van der Waals surface area contributed by atoms with Crippen molar-refractivity contribution in [3.63, 3.8) is 0 Å². The van der Waals surface area contributed by atoms with E-state index in [1.54, 1.807) is 7.11 Å². The molecule has 106 valence electrons. The first-order valence-corrected chi connectivity index (χ1v) is 7.12. The highest BCUT2D eigenvalue weighted by Crippen LogP contribution is 2.43. The van der Waals surface area contributed by atoms with E-state index in [2.05, 4.69) is 26.1 Å². The van der Waals surface area contributed by atoms with Gasteiger partial charge in [0.25, 0.3) is 0 Å². The molecule has 1 aromatic rings. The summed E-state index contributed by atoms with van der Waals surface area (Å²) in [6.45, 7) is 7.83. The van der Waals surface area contributed by atoms with E-state index in [0.717, 1.165) is 24.5 Å². The van der Waals surface area contributed by atoms with Crippen LogP contribution < -0.4 is 14.8 Å². The molecule has 3 heteroatoms. The summed E-state index contributed by atoms with van der Waals surface area (Å²) in [7, 11) is 1.68. The molecular weight excluding hydrogens is 238 g/mol. The van der Waals surface area contributed by atoms with Crippen molar-refractivity contribution in [2.75, 3.05) is 13.7 Å². The lowest BCUT2D eigenvalue weighted by Crippen LogP contribution is -2.62. The fourth-order valence-corrected chi connectivity index (χ4v) is 2.59. The van der Waals surface area contributed by atoms with Crippen LogP contribution in [0.3, 0.4) is 0 Å². The molecule has 1 aliphatic rings. The Morgan fingerprint density at radius 3 is 2.68 bits per heavy atom. The van der Waals surface area contributed by atoms with Crippen molar-refractivity contribution in [2.24, 2.45) is 5.41 Å². The van der Waals surface area contributed by atoms with Crippen molar-refractivity contribution in [3.8, 4) is 11.5 Å². The van der Waals surface area contributed by atoms with Gasteiger partial charge in [0.05, 0.1) is 7.11 Å². The SMILES string of the molecule is CCCNC1CC(Oc2cccc(OC)c2)C1(C)C. The molecule has 1 N–H and O–H groups in total. The van der Waals surface area contributed by atoms with Gasteiger partial charge in [-0.15, -0.1) is 0 Å². The standard InChI is InChI=1S/C16H25NO2/c1-5-9-17-14-11-15(16(14,2)3)19-13-8-6-7-12(10-13)18-4/h6-8,10,14-15,17H,5,9,11H2,1-4H3. The van der Waals surface area contributed by atoms with Gasteiger partial charge in [-0.05, 0) is 25.1 Å². The molecule has 0 radical (unpaired) electrons. The Bertz CT molecular complexity index is 417. The minimum atomic E-state index is 0.179. The van der Waals surface area contributed by atoms with Crippen molar-refractivity contribution in [1.29, 1.82) is 0 Å². The topological polar surface area (TPSA) is 30.5 Å². The quantitative estimate of drug-likeness (QED) is 0.854. The summed E-state index contributed by atoms with van der Waals surface area (Å²) in [4.78, 5) is 0. The van der Waals surface area contributed by atoms with Crippen molar-refractivity contribution in [2.45, 2.75) is 45.8 Å². The number of hydrogen-bond donors (Lipinski definition) is 1. The second kappa shape index (κ2) is 5.83. The second-order valence-electron chi connectivity index (χ2n) is 5.85. The lowest BCUT2D eigenvalue weighted by atomic mass is 9.64. The average molecular weight is 263 g/mol. The Labute approximate surface area is 116 Å². The maximum atomic E-state index is 6.10. The van der Waals surface area contributed by atoms with E-state index in [4.69, 9.17) is 9.47 Å². The van der Waals surface area contributed by atoms with Crippen LogP contribution in [0, 0.1) is 5.41 Å². The van der Waals surface area contributed by atoms with Crippen LogP contribution in [-0.2, 0) is 0 Å². The van der Waals surface area contributed by atoms with E-state index >= 15 is 0 Å². The molecule has 0 bridgehead atoms. The van der Waals surface area contributed by atoms with E-state index in [1.165, 1.54) is 6.42 Å². The third-order valence-corrected chi connectivity index (χ3v) is 4.14. The van der Waals surface area contributed by atoms with Gasteiger partial charge >= 0.3 is 0 Å². The zero-order chi connectivity index (χ0) is 13.9. The van der Waals surface area contributed by atoms with Crippen LogP contribution in [-0.4, -0.2) is 25.8 Å². The largest absolute Gasteiger partial charge is 0.497 e. The summed E-state index contributed by atoms with van der Waals surface area (Å²) in [6.07, 6.45) is 2.52. The van der Waals surface area contributed by atoms with Gasteiger partial charge in [-0.2, -0.15) is 0 Å². The van der Waals surface area contributed by atoms with Gasteiger partial charge in [-0.1, -0.05) is 26.8 Å². The van der Waals surface area contributed by atoms with Crippen LogP contribution in [0.1, 0.15) is 33.6 Å². The number of rotatable bonds is 6. The number of nitrogens with one attached hydrogen (secondary N) is 1. The fraction of sp³-hybridized carbons (Fsp3) is 0.625. The van der Waals surface area contributed by atoms with E-state index in [9.17, 15) is 0 Å². The van der Waals surface area contributed by atoms with Gasteiger partial charge in [0.2, 0.25) is 0 Å². The monoisotopic (exact) mass is 263 g/mol. The molecule has 0 amide bonds. The highest BCUT2D eigenvalue weighted by molar-refractivity contribution is 5.33. The highest BCUT2D eigenvalue weighted by Gasteiger charge is 2.49. The van der Waals surface area contributed by atoms with Gasteiger partial charge in [-0.3, -0.25) is 0 Å². The third-order valence-electron chi connectivity index (χ3n) is 4.14. The van der Waals surface area contributed by atoms with Gasteiger partial charge < -0.3 is 14.8 Å². The predicted molar refractivity (Wildman–Crippen MR) is 77.9 cm³/mol. The number of hydrogen-bond acceptors (Lipinski definition) is 3. The number of benzene rings is 1. The predicted octanol–water partition coefficient (Wildman–Crippen LogP) is 3.24. The Morgan fingerprint density at radius 2 is 2.05 bits per heavy atom. The molecule has 1 saturated carbocycles. The molecule has 0 heterocycles. The van der Waals surface area contributed by atoms with Crippen LogP contribution in [0.25, 0.3) is 0 Å². The minimum absolute atomic E-state index is 0.179. The Balaban J connectivity index is 1.94. The average Bonchev–Trinajstić information content (AvgIpc) is 2.42. The van der Waals surface area contributed by atoms with E-state index in [-0.39, 0.29) is 11.5 Å². The molecule has 2 unspecified atom stereocenters. The lowest BCUT2D eigenvalue weighted by Gasteiger charge is -2.51. The molecule has 0 aromatic heterocycles. The molecular formula is C16H25NO2. The summed E-state index contributed by atoms with van der Waals surface area (Å²) < 4.78 is 11.3. The molecule has 3 nitrogen and oxygen atoms in total. The molecule has 0 saturated heterocycles.